The van der Waals surface area contributed by atoms with E-state index in [1.54, 1.807) is 13.8 Å². The normalized spacial score (nSPS) is 3.00. The predicted octanol–water partition coefficient (Wildman–Crippen LogP) is 2.31. The molecule has 0 bridgehead atoms. The number of allylic oxidation sites excluding steroid dienone is 1. The largest absolute Gasteiger partial charge is 3.00 e. The Kier molecular flexibility index (Phi) is 625. The number of rotatable bonds is 0. The summed E-state index contributed by atoms with van der Waals surface area (Å²) < 4.78 is 0. The Bertz CT molecular complexity index is 11.9. The first-order chi connectivity index (χ1) is 3.41. The molecule has 0 nitrogen and oxygen atoms in total. The van der Waals surface area contributed by atoms with Crippen LogP contribution < -0.4 is 0 Å². The number of hydrogen-bond acceptors (Lipinski definition) is 0. The minimum Gasteiger partial charge on any atom is -0.346 e. The molecule has 0 aromatic rings. The molecule has 0 unspecified atom stereocenters. The van der Waals surface area contributed by atoms with Crippen molar-refractivity contribution in [1.29, 1.82) is 0 Å². The molecular formula is C7H15Al. The van der Waals surface area contributed by atoms with Crippen LogP contribution >= 0.6 is 0 Å². The van der Waals surface area contributed by atoms with E-state index in [1.807, 2.05) is 0 Å². The molecule has 0 rings (SSSR count). The molecular weight excluding hydrogens is 111 g/mol. The van der Waals surface area contributed by atoms with Crippen LogP contribution in [0.15, 0.2) is 12.7 Å². The third-order valence-electron chi connectivity index (χ3n) is 0. The van der Waals surface area contributed by atoms with Crippen LogP contribution in [0.25, 0.3) is 0 Å². The van der Waals surface area contributed by atoms with Crippen molar-refractivity contribution in [3.8, 4) is 0 Å². The molecule has 0 aromatic carbocycles. The first-order valence-corrected chi connectivity index (χ1v) is 2.23. The fraction of sp³-hybridized carbons (Fsp3) is 0.286. The summed E-state index contributed by atoms with van der Waals surface area (Å²) in [6.45, 7) is 16.5. The van der Waals surface area contributed by atoms with Gasteiger partial charge in [-0.2, -0.15) is 13.8 Å². The molecule has 0 aliphatic rings. The molecule has 0 amide bonds. The second kappa shape index (κ2) is 206. The zero-order valence-electron chi connectivity index (χ0n) is 5.98. The van der Waals surface area contributed by atoms with Gasteiger partial charge in [-0.1, -0.05) is 0 Å². The van der Waals surface area contributed by atoms with Crippen LogP contribution in [-0.2, 0) is 0 Å². The smallest absolute Gasteiger partial charge is 0.346 e. The summed E-state index contributed by atoms with van der Waals surface area (Å²) in [6, 6.07) is 0. The molecule has 0 aliphatic heterocycles. The van der Waals surface area contributed by atoms with Crippen LogP contribution in [0.2, 0.25) is 0 Å². The maximum atomic E-state index is 3.25. The minimum atomic E-state index is 0. The summed E-state index contributed by atoms with van der Waals surface area (Å²) in [6.07, 6.45) is 1.50. The van der Waals surface area contributed by atoms with Crippen molar-refractivity contribution < 1.29 is 0 Å². The fourth-order valence-electron chi connectivity index (χ4n) is 0. The molecule has 0 atom stereocenters. The van der Waals surface area contributed by atoms with Gasteiger partial charge in [-0.3, -0.25) is 0 Å². The topological polar surface area (TPSA) is 0 Å². The SMILES string of the molecule is C=C[CH2-].[Al+3].[CH2-]C.[CH2-]C. The maximum absolute atomic E-state index is 3.25. The number of hydrogen-bond donors (Lipinski definition) is 0. The standard InChI is InChI=1S/C3H5.2C2H5.Al/c1-3-2;2*1-2;/h3H,1-2H2;2*1H2,2H3;/q3*-1;+3. The Balaban J connectivity index is -0.0000000147. The molecule has 46 valence electrons. The molecule has 0 N–H and O–H groups in total. The Morgan fingerprint density at radius 2 is 1.12 bits per heavy atom. The average molecular weight is 126 g/mol. The van der Waals surface area contributed by atoms with Crippen LogP contribution in [-0.4, -0.2) is 17.4 Å². The van der Waals surface area contributed by atoms with Crippen LogP contribution in [0.3, 0.4) is 0 Å². The van der Waals surface area contributed by atoms with Gasteiger partial charge in [0.2, 0.25) is 0 Å². The van der Waals surface area contributed by atoms with E-state index in [4.69, 9.17) is 0 Å². The van der Waals surface area contributed by atoms with Crippen molar-refractivity contribution in [3.05, 3.63) is 33.4 Å². The molecule has 0 radical (unpaired) electrons. The minimum absolute atomic E-state index is 0. The molecule has 0 heterocycles. The van der Waals surface area contributed by atoms with E-state index in [1.165, 1.54) is 6.08 Å². The molecule has 0 saturated heterocycles. The molecule has 1 heteroatoms. The van der Waals surface area contributed by atoms with Crippen molar-refractivity contribution >= 4 is 17.4 Å². The van der Waals surface area contributed by atoms with Gasteiger partial charge in [-0.05, 0) is 0 Å². The van der Waals surface area contributed by atoms with E-state index in [9.17, 15) is 0 Å². The van der Waals surface area contributed by atoms with Crippen molar-refractivity contribution in [2.75, 3.05) is 0 Å². The Morgan fingerprint density at radius 1 is 1.12 bits per heavy atom. The summed E-state index contributed by atoms with van der Waals surface area (Å²) in [5.41, 5.74) is 0. The van der Waals surface area contributed by atoms with Crippen LogP contribution in [0, 0.1) is 20.8 Å². The van der Waals surface area contributed by atoms with Gasteiger partial charge in [0.05, 0.1) is 0 Å². The second-order valence-electron chi connectivity index (χ2n) is 0.289. The van der Waals surface area contributed by atoms with Crippen LogP contribution in [0.4, 0.5) is 0 Å². The van der Waals surface area contributed by atoms with E-state index in [-0.39, 0.29) is 17.4 Å². The average Bonchev–Trinajstić information content (AvgIpc) is 1.78. The first kappa shape index (κ1) is 24.2. The second-order valence-corrected chi connectivity index (χ2v) is 0.289. The van der Waals surface area contributed by atoms with E-state index in [2.05, 4.69) is 27.4 Å². The third kappa shape index (κ3) is 8000. The summed E-state index contributed by atoms with van der Waals surface area (Å²) in [5, 5.41) is 0. The molecule has 0 aliphatic carbocycles. The van der Waals surface area contributed by atoms with Gasteiger partial charge >= 0.3 is 17.4 Å². The Labute approximate surface area is 65.1 Å². The van der Waals surface area contributed by atoms with Crippen molar-refractivity contribution in [1.82, 2.24) is 0 Å². The van der Waals surface area contributed by atoms with Crippen LogP contribution in [0.1, 0.15) is 13.8 Å². The van der Waals surface area contributed by atoms with Gasteiger partial charge in [0.15, 0.2) is 0 Å². The van der Waals surface area contributed by atoms with E-state index >= 15 is 0 Å². The van der Waals surface area contributed by atoms with Crippen molar-refractivity contribution in [2.45, 2.75) is 13.8 Å². The first-order valence-electron chi connectivity index (χ1n) is 2.23. The van der Waals surface area contributed by atoms with Gasteiger partial charge in [0.1, 0.15) is 0 Å². The quantitative estimate of drug-likeness (QED) is 0.345. The summed E-state index contributed by atoms with van der Waals surface area (Å²) in [7, 11) is 0. The zero-order valence-corrected chi connectivity index (χ0v) is 7.14. The van der Waals surface area contributed by atoms with Gasteiger partial charge in [0, 0.05) is 0 Å². The summed E-state index contributed by atoms with van der Waals surface area (Å²) in [4.78, 5) is 0. The van der Waals surface area contributed by atoms with Crippen molar-refractivity contribution in [3.63, 3.8) is 0 Å². The fourth-order valence-corrected chi connectivity index (χ4v) is 0. The van der Waals surface area contributed by atoms with Gasteiger partial charge < -0.3 is 13.8 Å². The predicted molar refractivity (Wildman–Crippen MR) is 43.4 cm³/mol. The van der Waals surface area contributed by atoms with Gasteiger partial charge in [-0.15, -0.1) is 0 Å². The van der Waals surface area contributed by atoms with E-state index in [0.717, 1.165) is 0 Å². The van der Waals surface area contributed by atoms with Gasteiger partial charge in [-0.25, -0.2) is 19.6 Å². The van der Waals surface area contributed by atoms with Crippen molar-refractivity contribution in [2.24, 2.45) is 0 Å². The molecule has 0 aromatic heterocycles. The monoisotopic (exact) mass is 126 g/mol. The Morgan fingerprint density at radius 3 is 1.12 bits per heavy atom. The van der Waals surface area contributed by atoms with E-state index in [0.29, 0.717) is 0 Å². The molecule has 8 heavy (non-hydrogen) atoms. The van der Waals surface area contributed by atoms with Gasteiger partial charge in [0.25, 0.3) is 0 Å². The molecule has 0 fully saturated rings. The third-order valence-corrected chi connectivity index (χ3v) is 0. The maximum Gasteiger partial charge on any atom is 3.00 e. The zero-order chi connectivity index (χ0) is 6.71. The summed E-state index contributed by atoms with van der Waals surface area (Å²) in [5.74, 6) is 0. The molecule has 0 spiro atoms. The van der Waals surface area contributed by atoms with E-state index < -0.39 is 0 Å². The Hall–Kier alpha value is 0.142. The summed E-state index contributed by atoms with van der Waals surface area (Å²) >= 11 is 0. The molecule has 0 saturated carbocycles. The van der Waals surface area contributed by atoms with Crippen LogP contribution in [0.5, 0.6) is 0 Å².